The molecule has 3 nitrogen and oxygen atoms in total. The van der Waals surface area contributed by atoms with Crippen molar-refractivity contribution in [1.82, 2.24) is 0 Å². The van der Waals surface area contributed by atoms with Crippen molar-refractivity contribution in [1.29, 1.82) is 0 Å². The number of rotatable bonds is 2. The van der Waals surface area contributed by atoms with Gasteiger partial charge in [0.25, 0.3) is 0 Å². The Hall–Kier alpha value is -2.31. The van der Waals surface area contributed by atoms with Crippen LogP contribution in [-0.2, 0) is 4.79 Å². The lowest BCUT2D eigenvalue weighted by Crippen LogP contribution is -2.51. The Bertz CT molecular complexity index is 1050. The molecule has 1 aromatic carbocycles. The lowest BCUT2D eigenvalue weighted by Gasteiger charge is -2.53. The molecule has 0 bridgehead atoms. The quantitative estimate of drug-likeness (QED) is 0.661. The number of hydrogen-bond donors (Lipinski definition) is 1. The van der Waals surface area contributed by atoms with Crippen molar-refractivity contribution in [3.63, 3.8) is 0 Å². The predicted octanol–water partition coefficient (Wildman–Crippen LogP) is 5.35. The third-order valence-electron chi connectivity index (χ3n) is 8.71. The van der Waals surface area contributed by atoms with Gasteiger partial charge in [-0.3, -0.25) is 4.79 Å². The molecule has 5 rings (SSSR count). The van der Waals surface area contributed by atoms with Gasteiger partial charge in [-0.25, -0.2) is 0 Å². The average Bonchev–Trinajstić information content (AvgIpc) is 3.03. The summed E-state index contributed by atoms with van der Waals surface area (Å²) < 4.78 is 5.55. The van der Waals surface area contributed by atoms with E-state index >= 15 is 0 Å². The summed E-state index contributed by atoms with van der Waals surface area (Å²) in [4.78, 5) is 12.1. The van der Waals surface area contributed by atoms with Crippen LogP contribution < -0.4 is 4.74 Å². The van der Waals surface area contributed by atoms with Crippen LogP contribution in [0.2, 0.25) is 0 Å². The van der Waals surface area contributed by atoms with Crippen LogP contribution in [0.25, 0.3) is 0 Å². The summed E-state index contributed by atoms with van der Waals surface area (Å²) in [6, 6.07) is 8.42. The standard InChI is InChI=1S/C28H32O3/c1-4-13-28(30)14-12-25-23-10-8-19-15-20(29)9-11-22(19)26(23)24(17-27(25,28)2)18-6-5-7-21(16-18)31-3/h5-7,15-16,23-25,30H,8-12,14,17H2,1-3H3/t23-,24+,25-,27-,28-/m0/s1. The van der Waals surface area contributed by atoms with Gasteiger partial charge in [-0.1, -0.05) is 30.6 Å². The van der Waals surface area contributed by atoms with Crippen LogP contribution in [0.15, 0.2) is 47.1 Å². The van der Waals surface area contributed by atoms with E-state index in [9.17, 15) is 9.90 Å². The van der Waals surface area contributed by atoms with Crippen LogP contribution in [0, 0.1) is 29.1 Å². The molecule has 0 aliphatic heterocycles. The predicted molar refractivity (Wildman–Crippen MR) is 122 cm³/mol. The lowest BCUT2D eigenvalue weighted by atomic mass is 9.51. The highest BCUT2D eigenvalue weighted by atomic mass is 16.5. The van der Waals surface area contributed by atoms with Gasteiger partial charge in [0.05, 0.1) is 7.11 Å². The molecule has 2 saturated carbocycles. The fourth-order valence-corrected chi connectivity index (χ4v) is 7.23. The number of benzene rings is 1. The molecule has 0 aromatic heterocycles. The van der Waals surface area contributed by atoms with E-state index in [1.165, 1.54) is 22.3 Å². The number of ketones is 1. The third kappa shape index (κ3) is 3.03. The van der Waals surface area contributed by atoms with E-state index in [0.29, 0.717) is 18.3 Å². The van der Waals surface area contributed by atoms with E-state index in [-0.39, 0.29) is 17.1 Å². The van der Waals surface area contributed by atoms with Crippen molar-refractivity contribution in [2.24, 2.45) is 17.3 Å². The fourth-order valence-electron chi connectivity index (χ4n) is 7.23. The Morgan fingerprint density at radius 2 is 2.03 bits per heavy atom. The van der Waals surface area contributed by atoms with Gasteiger partial charge in [0, 0.05) is 17.8 Å². The van der Waals surface area contributed by atoms with E-state index in [4.69, 9.17) is 4.74 Å². The Balaban J connectivity index is 1.70. The maximum atomic E-state index is 12.1. The maximum Gasteiger partial charge on any atom is 0.156 e. The fraction of sp³-hybridized carbons (Fsp3) is 0.536. The van der Waals surface area contributed by atoms with Gasteiger partial charge < -0.3 is 9.84 Å². The Labute approximate surface area is 185 Å². The first-order valence-corrected chi connectivity index (χ1v) is 11.7. The first-order chi connectivity index (χ1) is 14.9. The smallest absolute Gasteiger partial charge is 0.156 e. The minimum atomic E-state index is -0.932. The van der Waals surface area contributed by atoms with Crippen molar-refractivity contribution in [3.05, 3.63) is 52.6 Å². The molecule has 0 amide bonds. The van der Waals surface area contributed by atoms with Crippen molar-refractivity contribution in [2.75, 3.05) is 7.11 Å². The largest absolute Gasteiger partial charge is 0.497 e. The van der Waals surface area contributed by atoms with Gasteiger partial charge in [-0.15, -0.1) is 5.92 Å². The normalized spacial score (nSPS) is 36.6. The van der Waals surface area contributed by atoms with Gasteiger partial charge >= 0.3 is 0 Å². The minimum Gasteiger partial charge on any atom is -0.497 e. The van der Waals surface area contributed by atoms with E-state index in [1.54, 1.807) is 7.11 Å². The van der Waals surface area contributed by atoms with Gasteiger partial charge in [0.1, 0.15) is 11.4 Å². The minimum absolute atomic E-state index is 0.219. The molecule has 4 aliphatic carbocycles. The Morgan fingerprint density at radius 3 is 2.81 bits per heavy atom. The second kappa shape index (κ2) is 7.38. The molecule has 162 valence electrons. The summed E-state index contributed by atoms with van der Waals surface area (Å²) in [7, 11) is 1.71. The first-order valence-electron chi connectivity index (χ1n) is 11.7. The van der Waals surface area contributed by atoms with Gasteiger partial charge in [0.2, 0.25) is 0 Å². The van der Waals surface area contributed by atoms with E-state index in [1.807, 2.05) is 19.1 Å². The van der Waals surface area contributed by atoms with E-state index in [0.717, 1.165) is 44.3 Å². The molecule has 2 fully saturated rings. The van der Waals surface area contributed by atoms with E-state index < -0.39 is 5.60 Å². The number of ether oxygens (including phenoxy) is 1. The molecular weight excluding hydrogens is 384 g/mol. The molecule has 31 heavy (non-hydrogen) atoms. The molecule has 1 N–H and O–H groups in total. The summed E-state index contributed by atoms with van der Waals surface area (Å²) in [6.45, 7) is 4.11. The molecule has 1 aromatic rings. The third-order valence-corrected chi connectivity index (χ3v) is 8.71. The monoisotopic (exact) mass is 416 g/mol. The van der Waals surface area contributed by atoms with Gasteiger partial charge in [0.15, 0.2) is 5.78 Å². The zero-order chi connectivity index (χ0) is 21.8. The molecule has 0 unspecified atom stereocenters. The molecule has 0 radical (unpaired) electrons. The number of carbonyl (C=O) groups excluding carboxylic acids is 1. The highest BCUT2D eigenvalue weighted by molar-refractivity contribution is 5.93. The van der Waals surface area contributed by atoms with Crippen LogP contribution in [0.3, 0.4) is 0 Å². The van der Waals surface area contributed by atoms with Crippen molar-refractivity contribution >= 4 is 5.78 Å². The summed E-state index contributed by atoms with van der Waals surface area (Å²) in [5.74, 6) is 8.48. The zero-order valence-corrected chi connectivity index (χ0v) is 18.8. The van der Waals surface area contributed by atoms with Crippen molar-refractivity contribution in [3.8, 4) is 17.6 Å². The van der Waals surface area contributed by atoms with Gasteiger partial charge in [-0.05, 0) is 92.2 Å². The maximum absolute atomic E-state index is 12.1. The van der Waals surface area contributed by atoms with Crippen LogP contribution in [-0.4, -0.2) is 23.6 Å². The average molecular weight is 417 g/mol. The summed E-state index contributed by atoms with van der Waals surface area (Å²) >= 11 is 0. The highest BCUT2D eigenvalue weighted by Crippen LogP contribution is 2.66. The van der Waals surface area contributed by atoms with Gasteiger partial charge in [-0.2, -0.15) is 0 Å². The summed E-state index contributed by atoms with van der Waals surface area (Å²) in [5.41, 5.74) is 4.31. The van der Waals surface area contributed by atoms with Crippen LogP contribution in [0.4, 0.5) is 0 Å². The highest BCUT2D eigenvalue weighted by Gasteiger charge is 2.62. The van der Waals surface area contributed by atoms with E-state index in [2.05, 4.69) is 37.0 Å². The molecule has 0 heterocycles. The molecule has 0 saturated heterocycles. The van der Waals surface area contributed by atoms with Crippen LogP contribution in [0.1, 0.15) is 70.3 Å². The lowest BCUT2D eigenvalue weighted by molar-refractivity contribution is -0.114. The molecular formula is C28H32O3. The van der Waals surface area contributed by atoms with Crippen LogP contribution in [0.5, 0.6) is 5.75 Å². The second-order valence-corrected chi connectivity index (χ2v) is 10.0. The molecule has 4 aliphatic rings. The Morgan fingerprint density at radius 1 is 1.19 bits per heavy atom. The number of fused-ring (bicyclic) bond motifs is 4. The van der Waals surface area contributed by atoms with Crippen molar-refractivity contribution < 1.29 is 14.6 Å². The molecule has 0 spiro atoms. The Kier molecular flexibility index (Phi) is 4.90. The molecule has 5 atom stereocenters. The van der Waals surface area contributed by atoms with Crippen LogP contribution >= 0.6 is 0 Å². The number of aliphatic hydroxyl groups is 1. The number of methoxy groups -OCH3 is 1. The number of allylic oxidation sites excluding steroid dienone is 4. The zero-order valence-electron chi connectivity index (χ0n) is 18.8. The molecule has 3 heteroatoms. The number of carbonyl (C=O) groups is 1. The van der Waals surface area contributed by atoms with Crippen molar-refractivity contribution in [2.45, 2.75) is 70.3 Å². The first kappa shape index (κ1) is 20.6. The second-order valence-electron chi connectivity index (χ2n) is 10.0. The number of hydrogen-bond acceptors (Lipinski definition) is 3. The topological polar surface area (TPSA) is 46.5 Å². The SMILES string of the molecule is CC#C[C@]1(O)CC[C@H]2[C@@H]3CCC4=CC(=O)CCC4=C3[C@@H](c3cccc(OC)c3)C[C@@]21C. The summed E-state index contributed by atoms with van der Waals surface area (Å²) in [5, 5.41) is 11.7. The summed E-state index contributed by atoms with van der Waals surface area (Å²) in [6.07, 6.45) is 8.08.